The maximum Gasteiger partial charge on any atom is 0.460 e. The van der Waals surface area contributed by atoms with Crippen LogP contribution in [0.25, 0.3) is 0 Å². The summed E-state index contributed by atoms with van der Waals surface area (Å²) in [5.41, 5.74) is 0. The average Bonchev–Trinajstić information content (AvgIpc) is 2.58. The van der Waals surface area contributed by atoms with Gasteiger partial charge in [0.2, 0.25) is 0 Å². The van der Waals surface area contributed by atoms with E-state index >= 15 is 0 Å². The van der Waals surface area contributed by atoms with Crippen LogP contribution in [0.4, 0.5) is 87.8 Å². The van der Waals surface area contributed by atoms with Gasteiger partial charge in [0.15, 0.2) is 5.83 Å². The predicted molar refractivity (Wildman–Crippen MR) is 62.5 cm³/mol. The Morgan fingerprint density at radius 2 is 0.706 bits per heavy atom. The van der Waals surface area contributed by atoms with Crippen molar-refractivity contribution in [1.29, 1.82) is 0 Å². The van der Waals surface area contributed by atoms with Crippen molar-refractivity contribution in [2.45, 2.75) is 53.6 Å². The first-order chi connectivity index (χ1) is 14.3. The van der Waals surface area contributed by atoms with E-state index in [4.69, 9.17) is 5.11 Å². The van der Waals surface area contributed by atoms with E-state index in [1.165, 1.54) is 0 Å². The Morgan fingerprint density at radius 1 is 0.471 bits per heavy atom. The number of alkyl halides is 19. The molecule has 0 atom stereocenters. The Bertz CT molecular complexity index is 818. The van der Waals surface area contributed by atoms with Crippen LogP contribution in [-0.4, -0.2) is 64.6 Å². The van der Waals surface area contributed by atoms with Crippen LogP contribution in [0.1, 0.15) is 0 Å². The van der Waals surface area contributed by atoms with Crippen LogP contribution in [0.3, 0.4) is 0 Å². The Morgan fingerprint density at radius 3 is 0.941 bits per heavy atom. The number of hydrogen-bond donors (Lipinski definition) is 1. The smallest absolute Gasteiger partial charge is 0.460 e. The molecular weight excluding hydrogens is 556 g/mol. The lowest BCUT2D eigenvalue weighted by atomic mass is 9.87. The first-order valence-corrected chi connectivity index (χ1v) is 7.03. The van der Waals surface area contributed by atoms with Crippen molar-refractivity contribution >= 4 is 5.97 Å². The zero-order chi connectivity index (χ0) is 28.4. The minimum atomic E-state index is -9.13. The van der Waals surface area contributed by atoms with E-state index in [9.17, 15) is 92.6 Å². The molecule has 0 unspecified atom stereocenters. The Balaban J connectivity index is 7.04. The van der Waals surface area contributed by atoms with Crippen molar-refractivity contribution in [3.05, 3.63) is 11.9 Å². The lowest BCUT2D eigenvalue weighted by Crippen LogP contribution is -2.75. The molecule has 0 aromatic carbocycles. The Hall–Kier alpha value is -2.19. The zero-order valence-electron chi connectivity index (χ0n) is 14.5. The van der Waals surface area contributed by atoms with E-state index in [1.807, 2.05) is 0 Å². The summed E-state index contributed by atoms with van der Waals surface area (Å²) in [6.45, 7) is 0. The van der Waals surface area contributed by atoms with E-state index in [0.29, 0.717) is 0 Å². The molecule has 2 nitrogen and oxygen atoms in total. The van der Waals surface area contributed by atoms with Gasteiger partial charge in [-0.15, -0.1) is 0 Å². The molecule has 0 spiro atoms. The van der Waals surface area contributed by atoms with Gasteiger partial charge >= 0.3 is 59.5 Å². The zero-order valence-corrected chi connectivity index (χ0v) is 14.5. The van der Waals surface area contributed by atoms with Crippen LogP contribution in [0, 0.1) is 0 Å². The molecule has 0 rings (SSSR count). The first-order valence-electron chi connectivity index (χ1n) is 7.03. The van der Waals surface area contributed by atoms with E-state index in [0.717, 1.165) is 0 Å². The van der Waals surface area contributed by atoms with Crippen LogP contribution in [0.2, 0.25) is 0 Å². The van der Waals surface area contributed by atoms with Gasteiger partial charge in [-0.1, -0.05) is 0 Å². The van der Waals surface area contributed by atoms with Crippen molar-refractivity contribution in [2.24, 2.45) is 0 Å². The molecule has 0 saturated heterocycles. The maximum absolute atomic E-state index is 13.3. The number of carboxylic acid groups (broad SMARTS) is 1. The highest BCUT2D eigenvalue weighted by Gasteiger charge is 2.96. The van der Waals surface area contributed by atoms with Crippen LogP contribution in [0.5, 0.6) is 0 Å². The van der Waals surface area contributed by atoms with Gasteiger partial charge < -0.3 is 5.11 Å². The SMILES string of the molecule is O=C(O)/C=C(/F)C(F)(F)C(F)(F)C(F)(F)C(F)(F)C(F)(F)C(F)(F)C(F)(F)C(F)(F)C(F)(F)F. The van der Waals surface area contributed by atoms with Crippen molar-refractivity contribution in [2.75, 3.05) is 0 Å². The van der Waals surface area contributed by atoms with E-state index in [2.05, 4.69) is 0 Å². The summed E-state index contributed by atoms with van der Waals surface area (Å²) in [7, 11) is 0. The summed E-state index contributed by atoms with van der Waals surface area (Å²) < 4.78 is 258. The van der Waals surface area contributed by atoms with Gasteiger partial charge in [0, 0.05) is 0 Å². The molecule has 0 aliphatic carbocycles. The fourth-order valence-electron chi connectivity index (χ4n) is 1.71. The molecule has 0 aromatic rings. The third-order valence-corrected chi connectivity index (χ3v) is 3.67. The number of allylic oxidation sites excluding steroid dienone is 1. The summed E-state index contributed by atoms with van der Waals surface area (Å²) >= 11 is 0. The normalized spacial score (nSPS) is 16.6. The monoisotopic (exact) mass is 558 g/mol. The second-order valence-corrected chi connectivity index (χ2v) is 5.92. The molecule has 0 saturated carbocycles. The highest BCUT2D eigenvalue weighted by atomic mass is 19.4. The van der Waals surface area contributed by atoms with E-state index in [-0.39, 0.29) is 0 Å². The molecule has 0 aromatic heterocycles. The molecule has 202 valence electrons. The van der Waals surface area contributed by atoms with Crippen LogP contribution in [-0.2, 0) is 4.79 Å². The second-order valence-electron chi connectivity index (χ2n) is 5.92. The molecule has 0 aliphatic rings. The number of halogens is 20. The lowest BCUT2D eigenvalue weighted by molar-refractivity contribution is -0.467. The molecule has 0 fully saturated rings. The minimum Gasteiger partial charge on any atom is -0.478 e. The van der Waals surface area contributed by atoms with Gasteiger partial charge in [-0.3, -0.25) is 0 Å². The average molecular weight is 558 g/mol. The number of carbonyl (C=O) groups is 1. The molecule has 34 heavy (non-hydrogen) atoms. The summed E-state index contributed by atoms with van der Waals surface area (Å²) in [5, 5.41) is 7.85. The van der Waals surface area contributed by atoms with Crippen molar-refractivity contribution < 1.29 is 97.7 Å². The molecule has 0 aliphatic heterocycles. The third-order valence-electron chi connectivity index (χ3n) is 3.67. The Kier molecular flexibility index (Phi) is 7.41. The summed E-state index contributed by atoms with van der Waals surface area (Å²) in [5.74, 6) is -76.8. The van der Waals surface area contributed by atoms with Gasteiger partial charge in [-0.2, -0.15) is 83.4 Å². The summed E-state index contributed by atoms with van der Waals surface area (Å²) in [4.78, 5) is 9.91. The maximum atomic E-state index is 13.3. The third kappa shape index (κ3) is 3.88. The predicted octanol–water partition coefficient (Wildman–Crippen LogP) is 6.57. The van der Waals surface area contributed by atoms with Gasteiger partial charge in [0.25, 0.3) is 0 Å². The number of hydrogen-bond acceptors (Lipinski definition) is 1. The molecular formula is C12H2F20O2. The van der Waals surface area contributed by atoms with E-state index < -0.39 is 71.4 Å². The quantitative estimate of drug-likeness (QED) is 0.257. The second kappa shape index (κ2) is 7.92. The number of rotatable bonds is 9. The van der Waals surface area contributed by atoms with Gasteiger partial charge in [-0.25, -0.2) is 9.18 Å². The molecule has 1 N–H and O–H groups in total. The lowest BCUT2D eigenvalue weighted by Gasteiger charge is -2.43. The first kappa shape index (κ1) is 31.8. The van der Waals surface area contributed by atoms with Crippen LogP contribution in [0.15, 0.2) is 11.9 Å². The van der Waals surface area contributed by atoms with Gasteiger partial charge in [-0.05, 0) is 0 Å². The van der Waals surface area contributed by atoms with Crippen LogP contribution < -0.4 is 0 Å². The number of aliphatic carboxylic acids is 1. The molecule has 22 heteroatoms. The van der Waals surface area contributed by atoms with Gasteiger partial charge in [0.05, 0.1) is 6.08 Å². The highest BCUT2D eigenvalue weighted by molar-refractivity contribution is 5.80. The van der Waals surface area contributed by atoms with Crippen molar-refractivity contribution in [1.82, 2.24) is 0 Å². The summed E-state index contributed by atoms with van der Waals surface area (Å²) in [6.07, 6.45) is -9.75. The fraction of sp³-hybridized carbons (Fsp3) is 0.750. The van der Waals surface area contributed by atoms with Crippen molar-refractivity contribution in [3.8, 4) is 0 Å². The number of carboxylic acids is 1. The standard InChI is InChI=1S/C12H2F20O2/c13-2(1-3(33)34)4(14,15)5(16,17)6(18,19)7(20,21)8(22,23)9(24,25)10(26,27)11(28,29)12(30,31)32/h1H,(H,33,34)/b2-1+. The highest BCUT2D eigenvalue weighted by Crippen LogP contribution is 2.65. The molecule has 0 radical (unpaired) electrons. The fourth-order valence-corrected chi connectivity index (χ4v) is 1.71. The molecule has 0 bridgehead atoms. The van der Waals surface area contributed by atoms with Gasteiger partial charge in [0.1, 0.15) is 0 Å². The molecule has 0 heterocycles. The summed E-state index contributed by atoms with van der Waals surface area (Å²) in [6, 6.07) is 0. The Labute approximate surface area is 170 Å². The van der Waals surface area contributed by atoms with Crippen LogP contribution >= 0.6 is 0 Å². The minimum absolute atomic E-state index is 1.76. The molecule has 0 amide bonds. The topological polar surface area (TPSA) is 37.3 Å². The van der Waals surface area contributed by atoms with Crippen molar-refractivity contribution in [3.63, 3.8) is 0 Å². The van der Waals surface area contributed by atoms with E-state index in [1.54, 1.807) is 0 Å². The largest absolute Gasteiger partial charge is 0.478 e.